The third-order valence-electron chi connectivity index (χ3n) is 5.74. The molecule has 12 heteroatoms. The molecule has 0 bridgehead atoms. The van der Waals surface area contributed by atoms with Crippen LogP contribution in [0.5, 0.6) is 23.0 Å². The Morgan fingerprint density at radius 3 is 2.13 bits per heavy atom. The summed E-state index contributed by atoms with van der Waals surface area (Å²) >= 11 is 0. The molecule has 2 amide bonds. The molecule has 38 heavy (non-hydrogen) atoms. The Kier molecular flexibility index (Phi) is 5.66. The van der Waals surface area contributed by atoms with Gasteiger partial charge in [-0.25, -0.2) is 9.59 Å². The summed E-state index contributed by atoms with van der Waals surface area (Å²) in [6.07, 6.45) is -2.78. The second-order valence-corrected chi connectivity index (χ2v) is 8.13. The van der Waals surface area contributed by atoms with Gasteiger partial charge in [-0.15, -0.1) is 0 Å². The highest BCUT2D eigenvalue weighted by Crippen LogP contribution is 2.56. The van der Waals surface area contributed by atoms with E-state index in [9.17, 15) is 37.5 Å². The predicted octanol–water partition coefficient (Wildman–Crippen LogP) is 3.63. The lowest BCUT2D eigenvalue weighted by atomic mass is 9.77. The number of benzene rings is 3. The van der Waals surface area contributed by atoms with Gasteiger partial charge in [-0.2, -0.15) is 13.2 Å². The smallest absolute Gasteiger partial charge is 0.491 e. The molecule has 9 nitrogen and oxygen atoms in total. The van der Waals surface area contributed by atoms with Gasteiger partial charge >= 0.3 is 18.1 Å². The number of phenolic OH excluding ortho intramolecular Hbond substituents is 1. The molecule has 1 atom stereocenters. The summed E-state index contributed by atoms with van der Waals surface area (Å²) in [5.41, 5.74) is 0.141. The molecule has 0 saturated heterocycles. The van der Waals surface area contributed by atoms with E-state index in [0.29, 0.717) is 22.3 Å². The molecule has 0 aromatic heterocycles. The zero-order chi connectivity index (χ0) is 27.2. The molecule has 0 fully saturated rings. The topological polar surface area (TPSA) is 128 Å². The van der Waals surface area contributed by atoms with Crippen LogP contribution < -0.4 is 14.8 Å². The van der Waals surface area contributed by atoms with E-state index in [1.807, 2.05) is 5.32 Å². The fourth-order valence-electron chi connectivity index (χ4n) is 4.23. The summed E-state index contributed by atoms with van der Waals surface area (Å²) in [4.78, 5) is 43.9. The van der Waals surface area contributed by atoms with Crippen LogP contribution in [0.2, 0.25) is 0 Å². The summed E-state index contributed by atoms with van der Waals surface area (Å²) in [7, 11) is 0. The monoisotopic (exact) mass is 525 g/mol. The van der Waals surface area contributed by atoms with Gasteiger partial charge < -0.3 is 19.3 Å². The molecule has 0 saturated carbocycles. The Balaban J connectivity index is 0.000000366. The summed E-state index contributed by atoms with van der Waals surface area (Å²) in [6, 6.07) is 14.6. The molecule has 0 aliphatic carbocycles. The van der Waals surface area contributed by atoms with E-state index in [-0.39, 0.29) is 29.1 Å². The minimum Gasteiger partial charge on any atom is -0.508 e. The Morgan fingerprint density at radius 2 is 1.50 bits per heavy atom. The van der Waals surface area contributed by atoms with Gasteiger partial charge in [0.05, 0.1) is 5.56 Å². The molecule has 3 aliphatic heterocycles. The largest absolute Gasteiger partial charge is 0.508 e. The SMILES string of the molecule is O=C1C=CC(=O)N1.O=C1OC2(c3ccc(O)cc3Oc3cc(OC(=O)C(F)(F)F)ccc32)c2ccccc21. The number of hydrogen-bond donors (Lipinski definition) is 2. The van der Waals surface area contributed by atoms with Gasteiger partial charge in [0.25, 0.3) is 11.8 Å². The molecule has 3 aliphatic rings. The maximum absolute atomic E-state index is 12.6. The second-order valence-electron chi connectivity index (χ2n) is 8.13. The van der Waals surface area contributed by atoms with Gasteiger partial charge in [-0.3, -0.25) is 14.9 Å². The molecule has 192 valence electrons. The first-order valence-corrected chi connectivity index (χ1v) is 10.8. The van der Waals surface area contributed by atoms with Crippen molar-refractivity contribution >= 4 is 23.8 Å². The summed E-state index contributed by atoms with van der Waals surface area (Å²) < 4.78 is 53.7. The normalized spacial score (nSPS) is 18.3. The van der Waals surface area contributed by atoms with E-state index >= 15 is 0 Å². The lowest BCUT2D eigenvalue weighted by Crippen LogP contribution is -2.33. The molecular weight excluding hydrogens is 511 g/mol. The van der Waals surface area contributed by atoms with E-state index in [1.165, 1.54) is 30.4 Å². The fourth-order valence-corrected chi connectivity index (χ4v) is 4.23. The number of hydrogen-bond acceptors (Lipinski definition) is 8. The van der Waals surface area contributed by atoms with Crippen LogP contribution in [0.3, 0.4) is 0 Å². The van der Waals surface area contributed by atoms with Gasteiger partial charge in [0, 0.05) is 41.0 Å². The molecule has 6 rings (SSSR count). The van der Waals surface area contributed by atoms with E-state index in [0.717, 1.165) is 12.1 Å². The third-order valence-corrected chi connectivity index (χ3v) is 5.74. The molecule has 2 N–H and O–H groups in total. The summed E-state index contributed by atoms with van der Waals surface area (Å²) in [5, 5.41) is 11.9. The average Bonchev–Trinajstić information content (AvgIpc) is 3.38. The number of amides is 2. The van der Waals surface area contributed by atoms with Crippen molar-refractivity contribution in [3.63, 3.8) is 0 Å². The predicted molar refractivity (Wildman–Crippen MR) is 120 cm³/mol. The molecule has 1 spiro atoms. The Bertz CT molecular complexity index is 1550. The zero-order valence-electron chi connectivity index (χ0n) is 18.9. The maximum atomic E-state index is 12.6. The minimum absolute atomic E-state index is 0.00933. The van der Waals surface area contributed by atoms with Gasteiger partial charge in [0.1, 0.15) is 23.0 Å². The maximum Gasteiger partial charge on any atom is 0.491 e. The lowest BCUT2D eigenvalue weighted by molar-refractivity contribution is -0.189. The molecule has 3 aromatic rings. The number of esters is 2. The summed E-state index contributed by atoms with van der Waals surface area (Å²) in [6.45, 7) is 0. The zero-order valence-corrected chi connectivity index (χ0v) is 18.9. The number of fused-ring (bicyclic) bond motifs is 6. The first-order chi connectivity index (χ1) is 18.0. The van der Waals surface area contributed by atoms with E-state index < -0.39 is 29.5 Å². The number of imide groups is 1. The standard InChI is InChI=1S/C22H11F3O6.C4H3NO2/c23-22(24,25)20(28)29-12-6-8-16-18(10-12)30-17-9-11(26)5-7-15(17)21(16)14-4-2-1-3-13(14)19(27)31-21;6-3-1-2-4(7)5-3/h1-10,26H;1-2H,(H,5,6,7). The van der Waals surface area contributed by atoms with E-state index in [4.69, 9.17) is 9.47 Å². The van der Waals surface area contributed by atoms with Crippen molar-refractivity contribution in [2.75, 3.05) is 0 Å². The molecule has 0 radical (unpaired) electrons. The molecule has 3 heterocycles. The van der Waals surface area contributed by atoms with Crippen molar-refractivity contribution in [2.45, 2.75) is 11.8 Å². The number of rotatable bonds is 1. The summed E-state index contributed by atoms with van der Waals surface area (Å²) in [5.74, 6) is -4.02. The first-order valence-electron chi connectivity index (χ1n) is 10.8. The highest BCUT2D eigenvalue weighted by molar-refractivity contribution is 6.12. The Hall–Kier alpha value is -5.13. The van der Waals surface area contributed by atoms with Crippen LogP contribution in [0.1, 0.15) is 27.0 Å². The van der Waals surface area contributed by atoms with Crippen LogP contribution in [0.25, 0.3) is 0 Å². The van der Waals surface area contributed by atoms with Crippen molar-refractivity contribution in [3.05, 3.63) is 95.1 Å². The van der Waals surface area contributed by atoms with Crippen LogP contribution >= 0.6 is 0 Å². The van der Waals surface area contributed by atoms with E-state index in [2.05, 4.69) is 4.74 Å². The second kappa shape index (κ2) is 8.76. The van der Waals surface area contributed by atoms with E-state index in [1.54, 1.807) is 30.3 Å². The average molecular weight is 525 g/mol. The van der Waals surface area contributed by atoms with Crippen molar-refractivity contribution in [1.29, 1.82) is 0 Å². The highest BCUT2D eigenvalue weighted by atomic mass is 19.4. The van der Waals surface area contributed by atoms with Crippen LogP contribution in [-0.4, -0.2) is 35.0 Å². The fraction of sp³-hybridized carbons (Fsp3) is 0.0769. The van der Waals surface area contributed by atoms with Crippen molar-refractivity contribution in [1.82, 2.24) is 5.32 Å². The third kappa shape index (κ3) is 4.11. The van der Waals surface area contributed by atoms with Crippen molar-refractivity contribution in [2.24, 2.45) is 0 Å². The number of halogens is 3. The Labute approximate surface area is 211 Å². The van der Waals surface area contributed by atoms with Gasteiger partial charge in [0.2, 0.25) is 0 Å². The number of carbonyl (C=O) groups is 4. The number of nitrogens with one attached hydrogen (secondary N) is 1. The molecular formula is C26H14F3NO8. The van der Waals surface area contributed by atoms with Gasteiger partial charge in [0.15, 0.2) is 5.60 Å². The Morgan fingerprint density at radius 1 is 0.868 bits per heavy atom. The number of aromatic hydroxyl groups is 1. The number of carbonyl (C=O) groups excluding carboxylic acids is 4. The highest BCUT2D eigenvalue weighted by Gasteiger charge is 2.53. The number of alkyl halides is 3. The lowest BCUT2D eigenvalue weighted by Gasteiger charge is -2.36. The van der Waals surface area contributed by atoms with Gasteiger partial charge in [-0.1, -0.05) is 18.2 Å². The van der Waals surface area contributed by atoms with Crippen molar-refractivity contribution < 1.29 is 51.7 Å². The molecule has 1 unspecified atom stereocenters. The van der Waals surface area contributed by atoms with Crippen LogP contribution in [-0.2, 0) is 24.7 Å². The first kappa shape index (κ1) is 24.6. The number of ether oxygens (including phenoxy) is 3. The van der Waals surface area contributed by atoms with Crippen LogP contribution in [0.4, 0.5) is 13.2 Å². The quantitative estimate of drug-likeness (QED) is 0.280. The van der Waals surface area contributed by atoms with Crippen LogP contribution in [0, 0.1) is 0 Å². The van der Waals surface area contributed by atoms with Crippen LogP contribution in [0.15, 0.2) is 72.8 Å². The van der Waals surface area contributed by atoms with Gasteiger partial charge in [-0.05, 0) is 30.3 Å². The van der Waals surface area contributed by atoms with Crippen molar-refractivity contribution in [3.8, 4) is 23.0 Å². The minimum atomic E-state index is -5.17. The number of phenols is 1. The molecule has 3 aromatic carbocycles.